The fourth-order valence-corrected chi connectivity index (χ4v) is 2.22. The molecule has 2 heterocycles. The Morgan fingerprint density at radius 3 is 3.07 bits per heavy atom. The molecular formula is C8H13N5S. The number of nitrogen functional groups attached to an aromatic ring is 1. The van der Waals surface area contributed by atoms with Gasteiger partial charge in [-0.05, 0) is 12.7 Å². The molecule has 0 aliphatic carbocycles. The molecule has 76 valence electrons. The minimum absolute atomic E-state index is 0.294. The molecule has 1 saturated heterocycles. The van der Waals surface area contributed by atoms with Crippen LogP contribution in [0.25, 0.3) is 0 Å². The highest BCUT2D eigenvalue weighted by Crippen LogP contribution is 2.22. The van der Waals surface area contributed by atoms with Crippen LogP contribution in [0.4, 0.5) is 11.9 Å². The summed E-state index contributed by atoms with van der Waals surface area (Å²) in [6, 6.07) is 0. The molecule has 1 fully saturated rings. The normalized spacial score (nSPS) is 21.5. The van der Waals surface area contributed by atoms with E-state index in [1.807, 2.05) is 11.8 Å². The first kappa shape index (κ1) is 9.51. The molecule has 1 aliphatic rings. The lowest BCUT2D eigenvalue weighted by atomic mass is 10.4. The van der Waals surface area contributed by atoms with Crippen molar-refractivity contribution >= 4 is 23.7 Å². The van der Waals surface area contributed by atoms with E-state index in [4.69, 9.17) is 5.73 Å². The number of hydrogen-bond donors (Lipinski definition) is 1. The third-order valence-corrected chi connectivity index (χ3v) is 3.39. The maximum atomic E-state index is 5.50. The van der Waals surface area contributed by atoms with Gasteiger partial charge in [-0.3, -0.25) is 0 Å². The quantitative estimate of drug-likeness (QED) is 0.763. The fraction of sp³-hybridized carbons (Fsp3) is 0.625. The summed E-state index contributed by atoms with van der Waals surface area (Å²) in [7, 11) is 0. The molecule has 5 nitrogen and oxygen atoms in total. The van der Waals surface area contributed by atoms with Crippen molar-refractivity contribution in [2.45, 2.75) is 11.7 Å². The van der Waals surface area contributed by atoms with Gasteiger partial charge in [0, 0.05) is 18.3 Å². The molecule has 0 aromatic carbocycles. The molecule has 14 heavy (non-hydrogen) atoms. The molecule has 0 saturated carbocycles. The molecule has 0 radical (unpaired) electrons. The van der Waals surface area contributed by atoms with Crippen molar-refractivity contribution in [1.82, 2.24) is 15.0 Å². The number of nitrogens with two attached hydrogens (primary N) is 1. The third-order valence-electron chi connectivity index (χ3n) is 2.34. The van der Waals surface area contributed by atoms with E-state index < -0.39 is 0 Å². The van der Waals surface area contributed by atoms with Crippen LogP contribution in [0.5, 0.6) is 0 Å². The van der Waals surface area contributed by atoms with Crippen LogP contribution >= 0.6 is 11.8 Å². The fourth-order valence-electron chi connectivity index (χ4n) is 1.55. The average molecular weight is 211 g/mol. The van der Waals surface area contributed by atoms with Gasteiger partial charge in [-0.2, -0.15) is 16.7 Å². The number of thioether (sulfide) groups is 1. The number of hydrogen-bond acceptors (Lipinski definition) is 6. The van der Waals surface area contributed by atoms with Gasteiger partial charge in [0.2, 0.25) is 11.9 Å². The Balaban J connectivity index is 2.09. The van der Waals surface area contributed by atoms with E-state index in [9.17, 15) is 0 Å². The van der Waals surface area contributed by atoms with Crippen molar-refractivity contribution in [1.29, 1.82) is 0 Å². The smallest absolute Gasteiger partial charge is 0.230 e. The molecule has 2 N–H and O–H groups in total. The van der Waals surface area contributed by atoms with Gasteiger partial charge in [0.25, 0.3) is 0 Å². The summed E-state index contributed by atoms with van der Waals surface area (Å²) in [5.74, 6) is 0.997. The number of anilines is 2. The van der Waals surface area contributed by atoms with Gasteiger partial charge in [-0.15, -0.1) is 0 Å². The molecule has 1 aromatic heterocycles. The minimum Gasteiger partial charge on any atom is -0.368 e. The Hall–Kier alpha value is -1.04. The Morgan fingerprint density at radius 1 is 1.57 bits per heavy atom. The summed E-state index contributed by atoms with van der Waals surface area (Å²) >= 11 is 1.89. The number of aromatic nitrogens is 3. The van der Waals surface area contributed by atoms with Gasteiger partial charge >= 0.3 is 0 Å². The standard InChI is InChI=1S/C8H13N5S/c1-14-6-2-3-13(4-6)8-11-5-10-7(9)12-8/h5-6H,2-4H2,1H3,(H2,9,10,11,12). The second kappa shape index (κ2) is 4.00. The summed E-state index contributed by atoms with van der Waals surface area (Å²) in [5.41, 5.74) is 5.50. The highest BCUT2D eigenvalue weighted by atomic mass is 32.2. The summed E-state index contributed by atoms with van der Waals surface area (Å²) < 4.78 is 0. The minimum atomic E-state index is 0.294. The van der Waals surface area contributed by atoms with Crippen LogP contribution in [0.1, 0.15) is 6.42 Å². The molecule has 1 unspecified atom stereocenters. The van der Waals surface area contributed by atoms with Crippen molar-refractivity contribution < 1.29 is 0 Å². The van der Waals surface area contributed by atoms with Crippen LogP contribution in [0.15, 0.2) is 6.33 Å². The van der Waals surface area contributed by atoms with Crippen LogP contribution < -0.4 is 10.6 Å². The van der Waals surface area contributed by atoms with E-state index in [0.29, 0.717) is 17.1 Å². The molecule has 0 amide bonds. The predicted octanol–water partition coefficient (Wildman–Crippen LogP) is 0.396. The highest BCUT2D eigenvalue weighted by molar-refractivity contribution is 7.99. The highest BCUT2D eigenvalue weighted by Gasteiger charge is 2.23. The van der Waals surface area contributed by atoms with Crippen LogP contribution in [-0.4, -0.2) is 39.5 Å². The molecule has 2 rings (SSSR count). The van der Waals surface area contributed by atoms with Gasteiger partial charge in [-0.1, -0.05) is 0 Å². The first-order valence-electron chi connectivity index (χ1n) is 4.52. The zero-order valence-electron chi connectivity index (χ0n) is 8.05. The summed E-state index contributed by atoms with van der Waals surface area (Å²) in [6.07, 6.45) is 4.78. The zero-order chi connectivity index (χ0) is 9.97. The molecule has 0 bridgehead atoms. The number of nitrogens with zero attached hydrogens (tertiary/aromatic N) is 4. The van der Waals surface area contributed by atoms with Gasteiger partial charge < -0.3 is 10.6 Å². The van der Waals surface area contributed by atoms with Crippen LogP contribution in [0.2, 0.25) is 0 Å². The predicted molar refractivity (Wildman–Crippen MR) is 58.4 cm³/mol. The van der Waals surface area contributed by atoms with E-state index in [1.165, 1.54) is 12.7 Å². The Kier molecular flexibility index (Phi) is 2.72. The Bertz CT molecular complexity index is 318. The second-order valence-corrected chi connectivity index (χ2v) is 4.37. The van der Waals surface area contributed by atoms with Crippen LogP contribution in [0.3, 0.4) is 0 Å². The summed E-state index contributed by atoms with van der Waals surface area (Å²) in [4.78, 5) is 14.1. The molecule has 0 spiro atoms. The lowest BCUT2D eigenvalue weighted by Crippen LogP contribution is -2.23. The van der Waals surface area contributed by atoms with E-state index in [0.717, 1.165) is 13.1 Å². The van der Waals surface area contributed by atoms with Crippen molar-refractivity contribution in [3.63, 3.8) is 0 Å². The topological polar surface area (TPSA) is 67.9 Å². The summed E-state index contributed by atoms with van der Waals surface area (Å²) in [6.45, 7) is 2.01. The van der Waals surface area contributed by atoms with Crippen molar-refractivity contribution in [3.8, 4) is 0 Å². The average Bonchev–Trinajstić information content (AvgIpc) is 2.66. The first-order valence-corrected chi connectivity index (χ1v) is 5.80. The summed E-state index contributed by atoms with van der Waals surface area (Å²) in [5, 5.41) is 0.688. The van der Waals surface area contributed by atoms with Crippen molar-refractivity contribution in [2.24, 2.45) is 0 Å². The SMILES string of the molecule is CSC1CCN(c2ncnc(N)n2)C1. The maximum Gasteiger partial charge on any atom is 0.230 e. The van der Waals surface area contributed by atoms with E-state index in [2.05, 4.69) is 26.1 Å². The van der Waals surface area contributed by atoms with Gasteiger partial charge in [0.1, 0.15) is 6.33 Å². The molecule has 1 aromatic rings. The lowest BCUT2D eigenvalue weighted by Gasteiger charge is -2.15. The monoisotopic (exact) mass is 211 g/mol. The third kappa shape index (κ3) is 1.89. The molecule has 1 atom stereocenters. The first-order chi connectivity index (χ1) is 6.79. The zero-order valence-corrected chi connectivity index (χ0v) is 8.87. The van der Waals surface area contributed by atoms with E-state index in [-0.39, 0.29) is 0 Å². The van der Waals surface area contributed by atoms with Crippen molar-refractivity contribution in [2.75, 3.05) is 30.0 Å². The van der Waals surface area contributed by atoms with Gasteiger partial charge in [0.15, 0.2) is 0 Å². The van der Waals surface area contributed by atoms with Gasteiger partial charge in [0.05, 0.1) is 0 Å². The van der Waals surface area contributed by atoms with Crippen molar-refractivity contribution in [3.05, 3.63) is 6.33 Å². The van der Waals surface area contributed by atoms with Gasteiger partial charge in [-0.25, -0.2) is 9.97 Å². The Morgan fingerprint density at radius 2 is 2.43 bits per heavy atom. The maximum absolute atomic E-state index is 5.50. The number of rotatable bonds is 2. The lowest BCUT2D eigenvalue weighted by molar-refractivity contribution is 0.885. The molecule has 1 aliphatic heterocycles. The van der Waals surface area contributed by atoms with E-state index in [1.54, 1.807) is 0 Å². The van der Waals surface area contributed by atoms with Crippen LogP contribution in [-0.2, 0) is 0 Å². The second-order valence-electron chi connectivity index (χ2n) is 3.24. The van der Waals surface area contributed by atoms with E-state index >= 15 is 0 Å². The largest absolute Gasteiger partial charge is 0.368 e. The Labute approximate surface area is 87.1 Å². The molecule has 6 heteroatoms. The molecular weight excluding hydrogens is 198 g/mol. The van der Waals surface area contributed by atoms with Crippen LogP contribution in [0, 0.1) is 0 Å².